The molecule has 1 heterocycles. The Morgan fingerprint density at radius 1 is 1.40 bits per heavy atom. The van der Waals surface area contributed by atoms with Gasteiger partial charge in [-0.15, -0.1) is 0 Å². The van der Waals surface area contributed by atoms with Crippen LogP contribution in [0.15, 0.2) is 11.6 Å². The van der Waals surface area contributed by atoms with Crippen LogP contribution in [0.1, 0.15) is 39.5 Å². The minimum atomic E-state index is -2.91. The molecule has 116 valence electrons. The first kappa shape index (κ1) is 16.0. The average Bonchev–Trinajstić information content (AvgIpc) is 2.38. The molecule has 0 amide bonds. The van der Waals surface area contributed by atoms with Gasteiger partial charge < -0.3 is 10.4 Å². The molecule has 0 aromatic heterocycles. The summed E-state index contributed by atoms with van der Waals surface area (Å²) in [4.78, 5) is 0. The van der Waals surface area contributed by atoms with E-state index in [-0.39, 0.29) is 11.5 Å². The first-order valence-electron chi connectivity index (χ1n) is 7.61. The number of nitrogens with one attached hydrogen (secondary N) is 1. The summed E-state index contributed by atoms with van der Waals surface area (Å²) in [6, 6.07) is 0. The van der Waals surface area contributed by atoms with Crippen LogP contribution in [-0.4, -0.2) is 43.7 Å². The maximum Gasteiger partial charge on any atom is 0.150 e. The minimum Gasteiger partial charge on any atom is -0.388 e. The fourth-order valence-electron chi connectivity index (χ4n) is 3.29. The van der Waals surface area contributed by atoms with Crippen molar-refractivity contribution in [3.63, 3.8) is 0 Å². The summed E-state index contributed by atoms with van der Waals surface area (Å²) in [6.45, 7) is 5.84. The largest absolute Gasteiger partial charge is 0.388 e. The van der Waals surface area contributed by atoms with Gasteiger partial charge in [-0.1, -0.05) is 18.6 Å². The molecule has 1 aliphatic heterocycles. The molecule has 5 heteroatoms. The number of sulfone groups is 1. The zero-order valence-corrected chi connectivity index (χ0v) is 13.4. The van der Waals surface area contributed by atoms with Gasteiger partial charge in [0.25, 0.3) is 0 Å². The molecule has 0 radical (unpaired) electrons. The molecule has 2 aliphatic rings. The van der Waals surface area contributed by atoms with Crippen LogP contribution < -0.4 is 5.32 Å². The Balaban J connectivity index is 1.81. The Morgan fingerprint density at radius 3 is 2.65 bits per heavy atom. The van der Waals surface area contributed by atoms with E-state index in [1.165, 1.54) is 18.4 Å². The van der Waals surface area contributed by atoms with Crippen LogP contribution in [0.5, 0.6) is 0 Å². The van der Waals surface area contributed by atoms with Crippen LogP contribution in [0.25, 0.3) is 0 Å². The van der Waals surface area contributed by atoms with Crippen molar-refractivity contribution in [1.29, 1.82) is 0 Å². The van der Waals surface area contributed by atoms with Gasteiger partial charge in [0.05, 0.1) is 17.1 Å². The molecule has 1 aliphatic carbocycles. The van der Waals surface area contributed by atoms with E-state index in [2.05, 4.69) is 25.2 Å². The van der Waals surface area contributed by atoms with Crippen LogP contribution in [0.4, 0.5) is 0 Å². The van der Waals surface area contributed by atoms with Gasteiger partial charge in [0, 0.05) is 13.1 Å². The van der Waals surface area contributed by atoms with Crippen LogP contribution >= 0.6 is 0 Å². The Labute approximate surface area is 122 Å². The van der Waals surface area contributed by atoms with Crippen molar-refractivity contribution in [3.8, 4) is 0 Å². The normalized spacial score (nSPS) is 32.6. The van der Waals surface area contributed by atoms with E-state index in [0.29, 0.717) is 31.2 Å². The lowest BCUT2D eigenvalue weighted by molar-refractivity contribution is 0.0296. The van der Waals surface area contributed by atoms with Crippen molar-refractivity contribution in [1.82, 2.24) is 5.32 Å². The van der Waals surface area contributed by atoms with E-state index in [9.17, 15) is 13.5 Å². The third-order valence-electron chi connectivity index (χ3n) is 4.94. The fourth-order valence-corrected chi connectivity index (χ4v) is 4.88. The van der Waals surface area contributed by atoms with Crippen LogP contribution in [0.3, 0.4) is 0 Å². The highest BCUT2D eigenvalue weighted by atomic mass is 32.2. The first-order chi connectivity index (χ1) is 9.31. The van der Waals surface area contributed by atoms with E-state index in [4.69, 9.17) is 0 Å². The predicted molar refractivity (Wildman–Crippen MR) is 81.4 cm³/mol. The highest BCUT2D eigenvalue weighted by Gasteiger charge is 2.35. The van der Waals surface area contributed by atoms with Gasteiger partial charge >= 0.3 is 0 Å². The second-order valence-electron chi connectivity index (χ2n) is 6.62. The molecule has 0 unspecified atom stereocenters. The van der Waals surface area contributed by atoms with Crippen molar-refractivity contribution in [2.45, 2.75) is 45.1 Å². The number of hydrogen-bond donors (Lipinski definition) is 2. The lowest BCUT2D eigenvalue weighted by atomic mass is 9.80. The van der Waals surface area contributed by atoms with Crippen LogP contribution in [0.2, 0.25) is 0 Å². The average molecular weight is 301 g/mol. The summed E-state index contributed by atoms with van der Waals surface area (Å²) in [5.41, 5.74) is 0.593. The number of allylic oxidation sites excluding steroid dienone is 1. The molecule has 4 nitrogen and oxygen atoms in total. The van der Waals surface area contributed by atoms with Gasteiger partial charge in [-0.2, -0.15) is 0 Å². The number of aliphatic hydroxyl groups is 1. The van der Waals surface area contributed by atoms with Gasteiger partial charge in [-0.3, -0.25) is 0 Å². The van der Waals surface area contributed by atoms with Gasteiger partial charge in [0.2, 0.25) is 0 Å². The number of hydrogen-bond acceptors (Lipinski definition) is 4. The quantitative estimate of drug-likeness (QED) is 0.773. The molecule has 20 heavy (non-hydrogen) atoms. The first-order valence-corrected chi connectivity index (χ1v) is 9.44. The molecule has 0 aromatic carbocycles. The summed E-state index contributed by atoms with van der Waals surface area (Å²) in [5, 5.41) is 13.8. The fraction of sp³-hybridized carbons (Fsp3) is 0.867. The summed E-state index contributed by atoms with van der Waals surface area (Å²) >= 11 is 0. The Hall–Kier alpha value is -0.390. The van der Waals surface area contributed by atoms with Gasteiger partial charge in [0.1, 0.15) is 0 Å². The molecule has 2 rings (SSSR count). The maximum absolute atomic E-state index is 11.4. The molecule has 2 atom stereocenters. The van der Waals surface area contributed by atoms with Crippen LogP contribution in [0, 0.1) is 11.8 Å². The summed E-state index contributed by atoms with van der Waals surface area (Å²) in [5.74, 6) is 1.45. The highest BCUT2D eigenvalue weighted by Crippen LogP contribution is 2.30. The summed E-state index contributed by atoms with van der Waals surface area (Å²) in [6.07, 6.45) is 5.43. The van der Waals surface area contributed by atoms with Crippen molar-refractivity contribution in [2.75, 3.05) is 24.6 Å². The summed E-state index contributed by atoms with van der Waals surface area (Å²) in [7, 11) is -2.91. The minimum absolute atomic E-state index is 0.115. The SMILES string of the molecule is CC1=CCC[C@@H](C)[C@@H]1CNCC1(O)CCS(=O)(=O)CC1. The second-order valence-corrected chi connectivity index (χ2v) is 8.92. The highest BCUT2D eigenvalue weighted by molar-refractivity contribution is 7.91. The smallest absolute Gasteiger partial charge is 0.150 e. The van der Waals surface area contributed by atoms with Crippen LogP contribution in [-0.2, 0) is 9.84 Å². The van der Waals surface area contributed by atoms with E-state index >= 15 is 0 Å². The zero-order chi connectivity index (χ0) is 14.8. The molecule has 0 bridgehead atoms. The van der Waals surface area contributed by atoms with Gasteiger partial charge in [-0.05, 0) is 44.4 Å². The third kappa shape index (κ3) is 4.06. The topological polar surface area (TPSA) is 66.4 Å². The molecule has 0 spiro atoms. The zero-order valence-electron chi connectivity index (χ0n) is 12.6. The molecule has 1 saturated heterocycles. The monoisotopic (exact) mass is 301 g/mol. The third-order valence-corrected chi connectivity index (χ3v) is 6.59. The molecule has 0 saturated carbocycles. The maximum atomic E-state index is 11.4. The molecular formula is C15H27NO3S. The molecule has 1 fully saturated rings. The Morgan fingerprint density at radius 2 is 2.05 bits per heavy atom. The second kappa shape index (κ2) is 6.16. The van der Waals surface area contributed by atoms with E-state index in [0.717, 1.165) is 6.54 Å². The van der Waals surface area contributed by atoms with E-state index in [1.807, 2.05) is 0 Å². The molecular weight excluding hydrogens is 274 g/mol. The lowest BCUT2D eigenvalue weighted by Crippen LogP contribution is -2.48. The van der Waals surface area contributed by atoms with Crippen molar-refractivity contribution < 1.29 is 13.5 Å². The Kier molecular flexibility index (Phi) is 4.92. The Bertz CT molecular complexity index is 456. The van der Waals surface area contributed by atoms with Crippen molar-refractivity contribution in [3.05, 3.63) is 11.6 Å². The van der Waals surface area contributed by atoms with E-state index in [1.54, 1.807) is 0 Å². The molecule has 2 N–H and O–H groups in total. The standard InChI is InChI=1S/C15H27NO3S/c1-12-4-3-5-13(2)14(12)10-16-11-15(17)6-8-20(18,19)9-7-15/h4,13-14,16-17H,3,5-11H2,1-2H3/t13-,14-/m1/s1. The predicted octanol–water partition coefficient (Wildman–Crippen LogP) is 1.51. The summed E-state index contributed by atoms with van der Waals surface area (Å²) < 4.78 is 22.8. The van der Waals surface area contributed by atoms with Gasteiger partial charge in [0.15, 0.2) is 9.84 Å². The molecule has 0 aromatic rings. The number of rotatable bonds is 4. The van der Waals surface area contributed by atoms with Crippen molar-refractivity contribution in [2.24, 2.45) is 11.8 Å². The van der Waals surface area contributed by atoms with Gasteiger partial charge in [-0.25, -0.2) is 8.42 Å². The van der Waals surface area contributed by atoms with Crippen molar-refractivity contribution >= 4 is 9.84 Å². The lowest BCUT2D eigenvalue weighted by Gasteiger charge is -2.34. The van der Waals surface area contributed by atoms with E-state index < -0.39 is 15.4 Å².